The molecule has 1 aliphatic heterocycles. The van der Waals surface area contributed by atoms with Gasteiger partial charge in [-0.2, -0.15) is 0 Å². The van der Waals surface area contributed by atoms with Crippen molar-refractivity contribution in [3.8, 4) is 0 Å². The molecule has 1 aliphatic rings. The second-order valence-electron chi connectivity index (χ2n) is 4.80. The minimum atomic E-state index is -0.865. The van der Waals surface area contributed by atoms with Crippen molar-refractivity contribution in [3.05, 3.63) is 24.0 Å². The number of nitrogens with zero attached hydrogens (tertiary/aromatic N) is 1. The fraction of sp³-hybridized carbons (Fsp3) is 0.417. The first-order valence-electron chi connectivity index (χ1n) is 5.67. The van der Waals surface area contributed by atoms with Crippen molar-refractivity contribution in [1.82, 2.24) is 15.2 Å². The molecule has 1 fully saturated rings. The Labute approximate surface area is 104 Å². The maximum absolute atomic E-state index is 12.0. The van der Waals surface area contributed by atoms with Gasteiger partial charge in [0.15, 0.2) is 5.78 Å². The van der Waals surface area contributed by atoms with E-state index in [-0.39, 0.29) is 30.7 Å². The van der Waals surface area contributed by atoms with Gasteiger partial charge in [-0.3, -0.25) is 24.6 Å². The molecule has 6 nitrogen and oxygen atoms in total. The number of ketones is 1. The lowest BCUT2D eigenvalue weighted by molar-refractivity contribution is -0.144. The highest BCUT2D eigenvalue weighted by atomic mass is 16.2. The lowest BCUT2D eigenvalue weighted by Gasteiger charge is -2.39. The summed E-state index contributed by atoms with van der Waals surface area (Å²) in [4.78, 5) is 39.4. The molecule has 1 aromatic rings. The molecular formula is C12H15N3O3. The van der Waals surface area contributed by atoms with Gasteiger partial charge in [0, 0.05) is 6.20 Å². The first-order valence-corrected chi connectivity index (χ1v) is 5.67. The first kappa shape index (κ1) is 12.5. The lowest BCUT2D eigenvalue weighted by Crippen LogP contribution is -2.64. The minimum Gasteiger partial charge on any atom is -0.359 e. The molecule has 0 atom stereocenters. The number of Topliss-reactive ketones (excluding diaryl/α,β-unsaturated/α-hetero) is 1. The summed E-state index contributed by atoms with van der Waals surface area (Å²) in [6.45, 7) is 3.46. The average Bonchev–Trinajstić information content (AvgIpc) is 2.79. The molecule has 2 N–H and O–H groups in total. The number of amides is 2. The van der Waals surface area contributed by atoms with Gasteiger partial charge in [-0.05, 0) is 26.0 Å². The van der Waals surface area contributed by atoms with Crippen LogP contribution in [0.2, 0.25) is 0 Å². The molecule has 0 unspecified atom stereocenters. The first-order chi connectivity index (χ1) is 8.41. The number of rotatable bonds is 3. The third kappa shape index (κ3) is 2.19. The Bertz CT molecular complexity index is 491. The fourth-order valence-corrected chi connectivity index (χ4v) is 1.85. The summed E-state index contributed by atoms with van der Waals surface area (Å²) in [5.41, 5.74) is -0.389. The van der Waals surface area contributed by atoms with Crippen molar-refractivity contribution in [2.75, 3.05) is 13.1 Å². The molecule has 1 aromatic heterocycles. The third-order valence-corrected chi connectivity index (χ3v) is 3.17. The van der Waals surface area contributed by atoms with Gasteiger partial charge in [-0.25, -0.2) is 0 Å². The van der Waals surface area contributed by atoms with Gasteiger partial charge in [0.1, 0.15) is 0 Å². The number of carbonyl (C=O) groups is 3. The van der Waals surface area contributed by atoms with Crippen molar-refractivity contribution in [3.63, 3.8) is 0 Å². The monoisotopic (exact) mass is 249 g/mol. The molecule has 0 saturated carbocycles. The Hall–Kier alpha value is -1.95. The maximum atomic E-state index is 12.0. The van der Waals surface area contributed by atoms with E-state index in [1.807, 2.05) is 0 Å². The summed E-state index contributed by atoms with van der Waals surface area (Å²) in [7, 11) is 0. The molecule has 1 saturated heterocycles. The number of hydrogen-bond acceptors (Lipinski definition) is 4. The van der Waals surface area contributed by atoms with Crippen LogP contribution in [-0.4, -0.2) is 46.1 Å². The van der Waals surface area contributed by atoms with E-state index in [9.17, 15) is 14.4 Å². The van der Waals surface area contributed by atoms with Crippen LogP contribution in [0.25, 0.3) is 0 Å². The van der Waals surface area contributed by atoms with E-state index < -0.39 is 5.54 Å². The van der Waals surface area contributed by atoms with E-state index in [2.05, 4.69) is 10.3 Å². The number of piperazine rings is 1. The van der Waals surface area contributed by atoms with E-state index in [0.717, 1.165) is 0 Å². The Morgan fingerprint density at radius 1 is 1.44 bits per heavy atom. The average molecular weight is 249 g/mol. The molecule has 0 radical (unpaired) electrons. The molecule has 96 valence electrons. The highest BCUT2D eigenvalue weighted by Crippen LogP contribution is 2.18. The van der Waals surface area contributed by atoms with E-state index in [1.54, 1.807) is 37.1 Å². The second-order valence-corrected chi connectivity index (χ2v) is 4.80. The fourth-order valence-electron chi connectivity index (χ4n) is 1.85. The van der Waals surface area contributed by atoms with Crippen LogP contribution in [0.4, 0.5) is 0 Å². The molecule has 18 heavy (non-hydrogen) atoms. The number of carbonyl (C=O) groups excluding carboxylic acids is 3. The zero-order valence-electron chi connectivity index (χ0n) is 10.3. The Kier molecular flexibility index (Phi) is 3.04. The molecular weight excluding hydrogens is 234 g/mol. The molecule has 2 amide bonds. The van der Waals surface area contributed by atoms with Gasteiger partial charge in [0.05, 0.1) is 24.3 Å². The standard InChI is InChI=1S/C12H15N3O3/c1-12(2)11(18)14-10(17)7-15(12)6-9(16)8-4-3-5-13-8/h3-5,13H,6-7H2,1-2H3,(H,14,17,18). The molecule has 0 aromatic carbocycles. The van der Waals surface area contributed by atoms with Crippen LogP contribution < -0.4 is 5.32 Å². The Balaban J connectivity index is 2.14. The van der Waals surface area contributed by atoms with Crippen LogP contribution in [0, 0.1) is 0 Å². The van der Waals surface area contributed by atoms with Crippen molar-refractivity contribution in [1.29, 1.82) is 0 Å². The molecule has 0 bridgehead atoms. The largest absolute Gasteiger partial charge is 0.359 e. The Morgan fingerprint density at radius 3 is 2.78 bits per heavy atom. The van der Waals surface area contributed by atoms with Gasteiger partial charge in [-0.15, -0.1) is 0 Å². The smallest absolute Gasteiger partial charge is 0.246 e. The quantitative estimate of drug-likeness (QED) is 0.580. The van der Waals surface area contributed by atoms with Gasteiger partial charge >= 0.3 is 0 Å². The second kappa shape index (κ2) is 4.38. The third-order valence-electron chi connectivity index (χ3n) is 3.17. The van der Waals surface area contributed by atoms with Crippen LogP contribution >= 0.6 is 0 Å². The van der Waals surface area contributed by atoms with E-state index in [4.69, 9.17) is 0 Å². The maximum Gasteiger partial charge on any atom is 0.246 e. The van der Waals surface area contributed by atoms with Crippen LogP contribution in [0.1, 0.15) is 24.3 Å². The summed E-state index contributed by atoms with van der Waals surface area (Å²) in [6.07, 6.45) is 1.66. The summed E-state index contributed by atoms with van der Waals surface area (Å²) in [6, 6.07) is 3.40. The van der Waals surface area contributed by atoms with Gasteiger partial charge < -0.3 is 4.98 Å². The van der Waals surface area contributed by atoms with E-state index in [1.165, 1.54) is 0 Å². The summed E-state index contributed by atoms with van der Waals surface area (Å²) in [5, 5.41) is 2.27. The molecule has 6 heteroatoms. The lowest BCUT2D eigenvalue weighted by atomic mass is 9.98. The normalized spacial score (nSPS) is 19.7. The summed E-state index contributed by atoms with van der Waals surface area (Å²) in [5.74, 6) is -0.896. The van der Waals surface area contributed by atoms with Crippen LogP contribution in [-0.2, 0) is 9.59 Å². The number of aromatic nitrogens is 1. The predicted molar refractivity (Wildman–Crippen MR) is 63.9 cm³/mol. The molecule has 2 rings (SSSR count). The highest BCUT2D eigenvalue weighted by Gasteiger charge is 2.41. The van der Waals surface area contributed by atoms with Gasteiger partial charge in [0.2, 0.25) is 11.8 Å². The van der Waals surface area contributed by atoms with Crippen LogP contribution in [0.5, 0.6) is 0 Å². The number of hydrogen-bond donors (Lipinski definition) is 2. The predicted octanol–water partition coefficient (Wildman–Crippen LogP) is -0.0656. The molecule has 0 spiro atoms. The van der Waals surface area contributed by atoms with Crippen LogP contribution in [0.15, 0.2) is 18.3 Å². The van der Waals surface area contributed by atoms with Crippen molar-refractivity contribution < 1.29 is 14.4 Å². The number of H-pyrrole nitrogens is 1. The van der Waals surface area contributed by atoms with E-state index in [0.29, 0.717) is 5.69 Å². The van der Waals surface area contributed by atoms with Crippen molar-refractivity contribution >= 4 is 17.6 Å². The highest BCUT2D eigenvalue weighted by molar-refractivity contribution is 6.04. The van der Waals surface area contributed by atoms with Gasteiger partial charge in [-0.1, -0.05) is 0 Å². The minimum absolute atomic E-state index is 0.0344. The number of nitrogens with one attached hydrogen (secondary N) is 2. The van der Waals surface area contributed by atoms with Crippen molar-refractivity contribution in [2.24, 2.45) is 0 Å². The molecule has 0 aliphatic carbocycles. The molecule has 2 heterocycles. The van der Waals surface area contributed by atoms with Crippen LogP contribution in [0.3, 0.4) is 0 Å². The van der Waals surface area contributed by atoms with E-state index >= 15 is 0 Å². The number of aromatic amines is 1. The topological polar surface area (TPSA) is 82.3 Å². The zero-order valence-corrected chi connectivity index (χ0v) is 10.3. The SMILES string of the molecule is CC1(C)C(=O)NC(=O)CN1CC(=O)c1ccc[nH]1. The summed E-state index contributed by atoms with van der Waals surface area (Å²) >= 11 is 0. The Morgan fingerprint density at radius 2 is 2.17 bits per heavy atom. The summed E-state index contributed by atoms with van der Waals surface area (Å²) < 4.78 is 0. The number of imide groups is 1. The van der Waals surface area contributed by atoms with Gasteiger partial charge in [0.25, 0.3) is 0 Å². The zero-order chi connectivity index (χ0) is 13.3. The van der Waals surface area contributed by atoms with Crippen molar-refractivity contribution in [2.45, 2.75) is 19.4 Å².